The lowest BCUT2D eigenvalue weighted by Crippen LogP contribution is -2.11. The fraction of sp³-hybridized carbons (Fsp3) is 0.160. The van der Waals surface area contributed by atoms with Crippen LogP contribution in [0.1, 0.15) is 57.1 Å². The zero-order valence-electron chi connectivity index (χ0n) is 19.2. The Hall–Kier alpha value is -4.53. The first-order valence-corrected chi connectivity index (χ1v) is 10.4. The van der Waals surface area contributed by atoms with Gasteiger partial charge in [0.15, 0.2) is 0 Å². The maximum absolute atomic E-state index is 11.4. The zero-order valence-corrected chi connectivity index (χ0v) is 19.2. The van der Waals surface area contributed by atoms with Crippen LogP contribution in [0.2, 0.25) is 0 Å². The SMILES string of the molecule is C/C(=N/Nc1ccccc1C(=O)O)c1cc(/C(C)=N\Nc2ccccc2C(=O)O)c(C)nc1C. The molecular formula is C25H25N5O4. The molecule has 0 aliphatic rings. The van der Waals surface area contributed by atoms with Crippen molar-refractivity contribution in [2.24, 2.45) is 10.2 Å². The van der Waals surface area contributed by atoms with E-state index >= 15 is 0 Å². The van der Waals surface area contributed by atoms with Gasteiger partial charge in [0.05, 0.1) is 33.9 Å². The summed E-state index contributed by atoms with van der Waals surface area (Å²) >= 11 is 0. The van der Waals surface area contributed by atoms with E-state index in [2.05, 4.69) is 26.0 Å². The average Bonchev–Trinajstić information content (AvgIpc) is 2.81. The Balaban J connectivity index is 1.90. The van der Waals surface area contributed by atoms with Crippen molar-refractivity contribution < 1.29 is 19.8 Å². The first-order valence-electron chi connectivity index (χ1n) is 10.4. The van der Waals surface area contributed by atoms with E-state index < -0.39 is 11.9 Å². The van der Waals surface area contributed by atoms with E-state index in [1.807, 2.05) is 19.9 Å². The number of aryl methyl sites for hydroxylation is 2. The van der Waals surface area contributed by atoms with Gasteiger partial charge in [-0.15, -0.1) is 0 Å². The van der Waals surface area contributed by atoms with Crippen molar-refractivity contribution in [3.8, 4) is 0 Å². The van der Waals surface area contributed by atoms with Crippen molar-refractivity contribution in [3.05, 3.63) is 88.2 Å². The second-order valence-electron chi connectivity index (χ2n) is 7.57. The third kappa shape index (κ3) is 5.44. The van der Waals surface area contributed by atoms with Gasteiger partial charge in [0.25, 0.3) is 0 Å². The van der Waals surface area contributed by atoms with Crippen LogP contribution in [0, 0.1) is 13.8 Å². The highest BCUT2D eigenvalue weighted by Crippen LogP contribution is 2.19. The predicted octanol–water partition coefficient (Wildman–Crippen LogP) is 4.77. The molecule has 0 unspecified atom stereocenters. The number of para-hydroxylation sites is 2. The van der Waals surface area contributed by atoms with Crippen LogP contribution in [0.4, 0.5) is 11.4 Å². The summed E-state index contributed by atoms with van der Waals surface area (Å²) in [6.07, 6.45) is 0. The number of aromatic carboxylic acids is 2. The summed E-state index contributed by atoms with van der Waals surface area (Å²) < 4.78 is 0. The van der Waals surface area contributed by atoms with Crippen molar-refractivity contribution >= 4 is 34.7 Å². The summed E-state index contributed by atoms with van der Waals surface area (Å²) in [4.78, 5) is 27.5. The zero-order chi connectivity index (χ0) is 24.8. The largest absolute Gasteiger partial charge is 0.478 e. The van der Waals surface area contributed by atoms with Crippen LogP contribution in [0.15, 0.2) is 64.8 Å². The van der Waals surface area contributed by atoms with Gasteiger partial charge in [-0.1, -0.05) is 24.3 Å². The number of hydrazone groups is 2. The molecule has 0 spiro atoms. The normalized spacial score (nSPS) is 11.8. The first-order chi connectivity index (χ1) is 16.2. The number of nitrogens with zero attached hydrogens (tertiary/aromatic N) is 3. The lowest BCUT2D eigenvalue weighted by Gasteiger charge is -2.13. The summed E-state index contributed by atoms with van der Waals surface area (Å²) in [5, 5.41) is 27.4. The molecule has 9 nitrogen and oxygen atoms in total. The van der Waals surface area contributed by atoms with E-state index in [4.69, 9.17) is 0 Å². The molecule has 3 aromatic rings. The Kier molecular flexibility index (Phi) is 7.37. The van der Waals surface area contributed by atoms with E-state index in [9.17, 15) is 19.8 Å². The molecule has 0 bridgehead atoms. The molecule has 0 radical (unpaired) electrons. The number of benzene rings is 2. The number of nitrogens with one attached hydrogen (secondary N) is 2. The summed E-state index contributed by atoms with van der Waals surface area (Å²) in [5.74, 6) is -2.09. The van der Waals surface area contributed by atoms with Crippen molar-refractivity contribution in [3.63, 3.8) is 0 Å². The Morgan fingerprint density at radius 3 is 1.47 bits per heavy atom. The Labute approximate surface area is 196 Å². The smallest absolute Gasteiger partial charge is 0.337 e. The molecule has 3 rings (SSSR count). The Morgan fingerprint density at radius 1 is 0.706 bits per heavy atom. The van der Waals surface area contributed by atoms with Crippen molar-refractivity contribution in [2.45, 2.75) is 27.7 Å². The minimum absolute atomic E-state index is 0.120. The number of hydrogen-bond acceptors (Lipinski definition) is 7. The Morgan fingerprint density at radius 2 is 1.09 bits per heavy atom. The molecule has 174 valence electrons. The fourth-order valence-electron chi connectivity index (χ4n) is 3.40. The third-order valence-electron chi connectivity index (χ3n) is 5.19. The van der Waals surface area contributed by atoms with Crippen LogP contribution in [0.3, 0.4) is 0 Å². The van der Waals surface area contributed by atoms with E-state index in [-0.39, 0.29) is 11.1 Å². The van der Waals surface area contributed by atoms with Crippen LogP contribution < -0.4 is 10.9 Å². The molecule has 0 saturated carbocycles. The minimum atomic E-state index is -1.05. The number of pyridine rings is 1. The molecular weight excluding hydrogens is 434 g/mol. The van der Waals surface area contributed by atoms with Gasteiger partial charge in [0.2, 0.25) is 0 Å². The number of rotatable bonds is 8. The van der Waals surface area contributed by atoms with Gasteiger partial charge in [-0.05, 0) is 58.0 Å². The van der Waals surface area contributed by atoms with Crippen molar-refractivity contribution in [2.75, 3.05) is 10.9 Å². The van der Waals surface area contributed by atoms with E-state index in [0.717, 1.165) is 22.5 Å². The van der Waals surface area contributed by atoms with Crippen molar-refractivity contribution in [1.82, 2.24) is 4.98 Å². The summed E-state index contributed by atoms with van der Waals surface area (Å²) in [7, 11) is 0. The number of aromatic nitrogens is 1. The standard InChI is InChI=1S/C25H25N5O4/c1-14-20(16(3)27-29-22-11-7-5-9-18(22)24(31)32)13-21(15(2)26-14)17(4)28-30-23-12-8-6-10-19(23)25(33)34/h5-13,29-30H,1-4H3,(H,31,32)(H,33,34)/b27-16-,28-17-. The molecule has 0 fully saturated rings. The maximum Gasteiger partial charge on any atom is 0.337 e. The van der Waals surface area contributed by atoms with Gasteiger partial charge >= 0.3 is 11.9 Å². The number of carbonyl (C=O) groups is 2. The highest BCUT2D eigenvalue weighted by Gasteiger charge is 2.13. The average molecular weight is 460 g/mol. The monoisotopic (exact) mass is 459 g/mol. The third-order valence-corrected chi connectivity index (χ3v) is 5.19. The molecule has 1 heterocycles. The molecule has 4 N–H and O–H groups in total. The van der Waals surface area contributed by atoms with Gasteiger partial charge in [-0.2, -0.15) is 10.2 Å². The molecule has 0 aliphatic carbocycles. The molecule has 34 heavy (non-hydrogen) atoms. The lowest BCUT2D eigenvalue weighted by molar-refractivity contribution is 0.0687. The Bertz CT molecular complexity index is 1220. The number of anilines is 2. The number of carboxylic acids is 2. The molecule has 1 aromatic heterocycles. The molecule has 0 atom stereocenters. The summed E-state index contributed by atoms with van der Waals surface area (Å²) in [6, 6.07) is 14.9. The van der Waals surface area contributed by atoms with E-state index in [1.54, 1.807) is 50.2 Å². The van der Waals surface area contributed by atoms with E-state index in [0.29, 0.717) is 22.8 Å². The predicted molar refractivity (Wildman–Crippen MR) is 132 cm³/mol. The van der Waals surface area contributed by atoms with Gasteiger partial charge in [0, 0.05) is 22.5 Å². The van der Waals surface area contributed by atoms with Crippen LogP contribution in [-0.2, 0) is 0 Å². The lowest BCUT2D eigenvalue weighted by atomic mass is 10.0. The highest BCUT2D eigenvalue weighted by molar-refractivity contribution is 6.05. The summed E-state index contributed by atoms with van der Waals surface area (Å²) in [6.45, 7) is 7.33. The highest BCUT2D eigenvalue weighted by atomic mass is 16.4. The molecule has 2 aromatic carbocycles. The molecule has 0 saturated heterocycles. The van der Waals surface area contributed by atoms with Gasteiger partial charge in [-0.25, -0.2) is 9.59 Å². The quantitative estimate of drug-likeness (QED) is 0.281. The number of hydrogen-bond donors (Lipinski definition) is 4. The first kappa shape index (κ1) is 24.1. The number of carboxylic acid groups (broad SMARTS) is 2. The van der Waals surface area contributed by atoms with Crippen LogP contribution in [-0.4, -0.2) is 38.6 Å². The molecule has 0 aliphatic heterocycles. The second-order valence-corrected chi connectivity index (χ2v) is 7.57. The fourth-order valence-corrected chi connectivity index (χ4v) is 3.40. The van der Waals surface area contributed by atoms with Crippen LogP contribution in [0.5, 0.6) is 0 Å². The maximum atomic E-state index is 11.4. The van der Waals surface area contributed by atoms with Crippen LogP contribution >= 0.6 is 0 Å². The van der Waals surface area contributed by atoms with Gasteiger partial charge in [0.1, 0.15) is 0 Å². The topological polar surface area (TPSA) is 136 Å². The van der Waals surface area contributed by atoms with E-state index in [1.165, 1.54) is 12.1 Å². The van der Waals surface area contributed by atoms with Gasteiger partial charge < -0.3 is 10.2 Å². The summed E-state index contributed by atoms with van der Waals surface area (Å²) in [5.41, 5.74) is 10.9. The van der Waals surface area contributed by atoms with Crippen molar-refractivity contribution in [1.29, 1.82) is 0 Å². The molecule has 9 heteroatoms. The second kappa shape index (κ2) is 10.4. The minimum Gasteiger partial charge on any atom is -0.478 e. The molecule has 0 amide bonds. The van der Waals surface area contributed by atoms with Crippen LogP contribution in [0.25, 0.3) is 0 Å². The van der Waals surface area contributed by atoms with Gasteiger partial charge in [-0.3, -0.25) is 15.8 Å².